The van der Waals surface area contributed by atoms with Crippen molar-refractivity contribution >= 4 is 5.91 Å². The molecule has 0 radical (unpaired) electrons. The number of rotatable bonds is 2. The average Bonchev–Trinajstić information content (AvgIpc) is 2.81. The lowest BCUT2D eigenvalue weighted by atomic mass is 10.1. The highest BCUT2D eigenvalue weighted by molar-refractivity contribution is 5.91. The normalized spacial score (nSPS) is 23.1. The van der Waals surface area contributed by atoms with Crippen LogP contribution in [0.15, 0.2) is 22.8 Å². The number of hydrogen-bond acceptors (Lipinski definition) is 4. The molecule has 0 spiro atoms. The van der Waals surface area contributed by atoms with E-state index in [1.54, 1.807) is 17.0 Å². The summed E-state index contributed by atoms with van der Waals surface area (Å²) in [4.78, 5) is 13.7. The minimum absolute atomic E-state index is 0.0767. The Bertz CT molecular complexity index is 348. The zero-order chi connectivity index (χ0) is 11.5. The summed E-state index contributed by atoms with van der Waals surface area (Å²) >= 11 is 0. The molecule has 1 fully saturated rings. The van der Waals surface area contributed by atoms with Gasteiger partial charge in [-0.05, 0) is 19.1 Å². The molecule has 1 aliphatic rings. The number of nitrogens with zero attached hydrogens (tertiary/aromatic N) is 1. The van der Waals surface area contributed by atoms with E-state index in [0.29, 0.717) is 25.5 Å². The fourth-order valence-corrected chi connectivity index (χ4v) is 1.73. The molecule has 16 heavy (non-hydrogen) atoms. The molecule has 0 aliphatic carbocycles. The van der Waals surface area contributed by atoms with E-state index in [4.69, 9.17) is 14.9 Å². The minimum atomic E-state index is -0.0982. The molecule has 88 valence electrons. The number of morpholine rings is 1. The molecule has 2 atom stereocenters. The maximum Gasteiger partial charge on any atom is 0.289 e. The molecule has 1 aromatic rings. The predicted molar refractivity (Wildman–Crippen MR) is 58.0 cm³/mol. The highest BCUT2D eigenvalue weighted by atomic mass is 16.5. The number of amides is 1. The van der Waals surface area contributed by atoms with Gasteiger partial charge in [-0.15, -0.1) is 0 Å². The van der Waals surface area contributed by atoms with Gasteiger partial charge in [0.25, 0.3) is 5.91 Å². The summed E-state index contributed by atoms with van der Waals surface area (Å²) < 4.78 is 10.6. The predicted octanol–water partition coefficient (Wildman–Crippen LogP) is 0.468. The second-order valence-corrected chi connectivity index (χ2v) is 4.00. The lowest BCUT2D eigenvalue weighted by Gasteiger charge is -2.34. The van der Waals surface area contributed by atoms with Crippen LogP contribution in [0.1, 0.15) is 17.5 Å². The molecule has 1 saturated heterocycles. The Labute approximate surface area is 94.1 Å². The summed E-state index contributed by atoms with van der Waals surface area (Å²) in [6, 6.07) is 3.29. The van der Waals surface area contributed by atoms with Crippen LogP contribution in [0.2, 0.25) is 0 Å². The van der Waals surface area contributed by atoms with Gasteiger partial charge in [-0.2, -0.15) is 0 Å². The van der Waals surface area contributed by atoms with E-state index in [1.807, 2.05) is 6.92 Å². The zero-order valence-corrected chi connectivity index (χ0v) is 9.26. The van der Waals surface area contributed by atoms with Crippen LogP contribution in [0.4, 0.5) is 0 Å². The van der Waals surface area contributed by atoms with Crippen LogP contribution in [-0.4, -0.2) is 42.6 Å². The number of hydrogen-bond donors (Lipinski definition) is 1. The molecule has 1 aliphatic heterocycles. The number of ether oxygens (including phenoxy) is 1. The topological polar surface area (TPSA) is 68.7 Å². The maximum absolute atomic E-state index is 12.0. The van der Waals surface area contributed by atoms with E-state index in [0.717, 1.165) is 0 Å². The van der Waals surface area contributed by atoms with Gasteiger partial charge in [0.05, 0.1) is 19.0 Å². The lowest BCUT2D eigenvalue weighted by molar-refractivity contribution is -0.0308. The Morgan fingerprint density at radius 3 is 3.12 bits per heavy atom. The Kier molecular flexibility index (Phi) is 3.26. The van der Waals surface area contributed by atoms with Crippen LogP contribution in [0.25, 0.3) is 0 Å². The molecule has 1 amide bonds. The molecule has 2 heterocycles. The van der Waals surface area contributed by atoms with E-state index in [-0.39, 0.29) is 18.1 Å². The third kappa shape index (κ3) is 2.25. The second-order valence-electron chi connectivity index (χ2n) is 4.00. The van der Waals surface area contributed by atoms with E-state index in [1.165, 1.54) is 6.26 Å². The number of carbonyl (C=O) groups excluding carboxylic acids is 1. The van der Waals surface area contributed by atoms with Gasteiger partial charge in [0.1, 0.15) is 0 Å². The molecule has 2 unspecified atom stereocenters. The molecule has 2 N–H and O–H groups in total. The first-order valence-electron chi connectivity index (χ1n) is 5.38. The van der Waals surface area contributed by atoms with E-state index >= 15 is 0 Å². The summed E-state index contributed by atoms with van der Waals surface area (Å²) in [6.45, 7) is 3.52. The minimum Gasteiger partial charge on any atom is -0.459 e. The number of carbonyl (C=O) groups is 1. The molecule has 1 aromatic heterocycles. The summed E-state index contributed by atoms with van der Waals surface area (Å²) in [5.41, 5.74) is 5.76. The van der Waals surface area contributed by atoms with Crippen LogP contribution < -0.4 is 5.73 Å². The molecule has 5 nitrogen and oxygen atoms in total. The van der Waals surface area contributed by atoms with Crippen molar-refractivity contribution in [3.05, 3.63) is 24.2 Å². The Morgan fingerprint density at radius 2 is 2.50 bits per heavy atom. The molecule has 0 bridgehead atoms. The third-order valence-corrected chi connectivity index (χ3v) is 2.70. The van der Waals surface area contributed by atoms with Crippen LogP contribution in [0.3, 0.4) is 0 Å². The van der Waals surface area contributed by atoms with Crippen molar-refractivity contribution in [1.82, 2.24) is 4.90 Å². The monoisotopic (exact) mass is 224 g/mol. The SMILES string of the molecule is CC(N)C1CN(C(=O)c2ccco2)CCO1. The summed E-state index contributed by atoms with van der Waals surface area (Å²) in [7, 11) is 0. The second kappa shape index (κ2) is 4.67. The highest BCUT2D eigenvalue weighted by Crippen LogP contribution is 2.12. The molecule has 5 heteroatoms. The first-order valence-corrected chi connectivity index (χ1v) is 5.38. The largest absolute Gasteiger partial charge is 0.459 e. The quantitative estimate of drug-likeness (QED) is 0.792. The van der Waals surface area contributed by atoms with Crippen molar-refractivity contribution in [2.75, 3.05) is 19.7 Å². The van der Waals surface area contributed by atoms with Crippen LogP contribution in [0, 0.1) is 0 Å². The van der Waals surface area contributed by atoms with E-state index in [9.17, 15) is 4.79 Å². The average molecular weight is 224 g/mol. The smallest absolute Gasteiger partial charge is 0.289 e. The fraction of sp³-hybridized carbons (Fsp3) is 0.545. The van der Waals surface area contributed by atoms with Crippen molar-refractivity contribution < 1.29 is 13.9 Å². The van der Waals surface area contributed by atoms with Crippen molar-refractivity contribution in [2.45, 2.75) is 19.1 Å². The first-order chi connectivity index (χ1) is 7.68. The highest BCUT2D eigenvalue weighted by Gasteiger charge is 2.28. The molecular weight excluding hydrogens is 208 g/mol. The van der Waals surface area contributed by atoms with Gasteiger partial charge < -0.3 is 19.8 Å². The van der Waals surface area contributed by atoms with Gasteiger partial charge in [-0.3, -0.25) is 4.79 Å². The Hall–Kier alpha value is -1.33. The summed E-state index contributed by atoms with van der Waals surface area (Å²) in [5, 5.41) is 0. The summed E-state index contributed by atoms with van der Waals surface area (Å²) in [6.07, 6.45) is 1.41. The van der Waals surface area contributed by atoms with E-state index < -0.39 is 0 Å². The standard InChI is InChI=1S/C11H16N2O3/c1-8(12)10-7-13(4-6-16-10)11(14)9-3-2-5-15-9/h2-3,5,8,10H,4,6-7,12H2,1H3. The number of nitrogens with two attached hydrogens (primary N) is 1. The van der Waals surface area contributed by atoms with Gasteiger partial charge in [0.2, 0.25) is 0 Å². The molecule has 0 aromatic carbocycles. The van der Waals surface area contributed by atoms with Gasteiger partial charge in [-0.25, -0.2) is 0 Å². The van der Waals surface area contributed by atoms with Gasteiger partial charge in [0.15, 0.2) is 5.76 Å². The molecule has 2 rings (SSSR count). The van der Waals surface area contributed by atoms with Crippen molar-refractivity contribution in [1.29, 1.82) is 0 Å². The van der Waals surface area contributed by atoms with Crippen LogP contribution in [-0.2, 0) is 4.74 Å². The van der Waals surface area contributed by atoms with Gasteiger partial charge in [0, 0.05) is 19.1 Å². The summed E-state index contributed by atoms with van der Waals surface area (Å²) in [5.74, 6) is 0.268. The van der Waals surface area contributed by atoms with Crippen molar-refractivity contribution in [3.63, 3.8) is 0 Å². The van der Waals surface area contributed by atoms with Crippen molar-refractivity contribution in [3.8, 4) is 0 Å². The van der Waals surface area contributed by atoms with Gasteiger partial charge >= 0.3 is 0 Å². The molecular formula is C11H16N2O3. The first kappa shape index (κ1) is 11.2. The Balaban J connectivity index is 2.02. The third-order valence-electron chi connectivity index (χ3n) is 2.70. The lowest BCUT2D eigenvalue weighted by Crippen LogP contribution is -2.51. The van der Waals surface area contributed by atoms with Crippen LogP contribution in [0.5, 0.6) is 0 Å². The molecule has 0 saturated carbocycles. The van der Waals surface area contributed by atoms with Gasteiger partial charge in [-0.1, -0.05) is 0 Å². The number of furan rings is 1. The zero-order valence-electron chi connectivity index (χ0n) is 9.26. The van der Waals surface area contributed by atoms with Crippen molar-refractivity contribution in [2.24, 2.45) is 5.73 Å². The maximum atomic E-state index is 12.0. The Morgan fingerprint density at radius 1 is 1.69 bits per heavy atom. The fourth-order valence-electron chi connectivity index (χ4n) is 1.73. The van der Waals surface area contributed by atoms with E-state index in [2.05, 4.69) is 0 Å². The van der Waals surface area contributed by atoms with Crippen LogP contribution >= 0.6 is 0 Å².